The standard InChI is InChI=1S/C20H21N5O6S/c1-14(13-31-2)23-32(29,30)18-8-6-15(7-9-18)21-20(26)19-10-11-24(22-19)16-4-3-5-17(12-16)25(27)28/h3-12,14,23H,13H2,1-2H3,(H,21,26). The highest BCUT2D eigenvalue weighted by molar-refractivity contribution is 7.89. The van der Waals surface area contributed by atoms with Crippen molar-refractivity contribution in [2.24, 2.45) is 0 Å². The van der Waals surface area contributed by atoms with Crippen molar-refractivity contribution in [1.82, 2.24) is 14.5 Å². The topological polar surface area (TPSA) is 145 Å². The number of aromatic nitrogens is 2. The lowest BCUT2D eigenvalue weighted by molar-refractivity contribution is -0.384. The van der Waals surface area contributed by atoms with Crippen LogP contribution in [0.15, 0.2) is 65.7 Å². The molecule has 1 amide bonds. The number of anilines is 1. The van der Waals surface area contributed by atoms with Gasteiger partial charge in [-0.1, -0.05) is 6.07 Å². The van der Waals surface area contributed by atoms with Crippen LogP contribution in [0.4, 0.5) is 11.4 Å². The second-order valence-electron chi connectivity index (χ2n) is 6.88. The van der Waals surface area contributed by atoms with E-state index in [1.165, 1.54) is 66.5 Å². The first kappa shape index (κ1) is 23.1. The summed E-state index contributed by atoms with van der Waals surface area (Å²) in [6.07, 6.45) is 1.51. The lowest BCUT2D eigenvalue weighted by Crippen LogP contribution is -2.35. The van der Waals surface area contributed by atoms with Crippen LogP contribution in [0.1, 0.15) is 17.4 Å². The molecule has 1 atom stereocenters. The van der Waals surface area contributed by atoms with Crippen LogP contribution in [0.3, 0.4) is 0 Å². The van der Waals surface area contributed by atoms with Gasteiger partial charge in [-0.3, -0.25) is 14.9 Å². The van der Waals surface area contributed by atoms with E-state index in [0.717, 1.165) is 0 Å². The summed E-state index contributed by atoms with van der Waals surface area (Å²) in [5.74, 6) is -0.517. The van der Waals surface area contributed by atoms with Crippen LogP contribution in [0.25, 0.3) is 5.69 Å². The number of rotatable bonds is 9. The summed E-state index contributed by atoms with van der Waals surface area (Å²) in [5.41, 5.74) is 0.806. The molecule has 168 valence electrons. The van der Waals surface area contributed by atoms with E-state index in [-0.39, 0.29) is 22.9 Å². The number of benzene rings is 2. The van der Waals surface area contributed by atoms with E-state index in [9.17, 15) is 23.3 Å². The molecule has 0 bridgehead atoms. The second kappa shape index (κ2) is 9.68. The summed E-state index contributed by atoms with van der Waals surface area (Å²) in [4.78, 5) is 23.0. The largest absolute Gasteiger partial charge is 0.383 e. The highest BCUT2D eigenvalue weighted by Gasteiger charge is 2.18. The fourth-order valence-corrected chi connectivity index (χ4v) is 4.10. The number of nitrogens with one attached hydrogen (secondary N) is 2. The number of hydrogen-bond donors (Lipinski definition) is 2. The average Bonchev–Trinajstić information content (AvgIpc) is 3.24. The van der Waals surface area contributed by atoms with Gasteiger partial charge in [-0.25, -0.2) is 17.8 Å². The molecule has 0 saturated carbocycles. The molecule has 0 radical (unpaired) electrons. The molecule has 0 saturated heterocycles. The van der Waals surface area contributed by atoms with Crippen molar-refractivity contribution in [3.05, 3.63) is 76.6 Å². The first-order valence-electron chi connectivity index (χ1n) is 9.43. The molecule has 0 aliphatic heterocycles. The molecule has 0 fully saturated rings. The van der Waals surface area contributed by atoms with Crippen LogP contribution in [0, 0.1) is 10.1 Å². The average molecular weight is 459 g/mol. The number of methoxy groups -OCH3 is 1. The third kappa shape index (κ3) is 5.55. The zero-order valence-electron chi connectivity index (χ0n) is 17.3. The van der Waals surface area contributed by atoms with Gasteiger partial charge in [0.25, 0.3) is 11.6 Å². The maximum Gasteiger partial charge on any atom is 0.276 e. The molecule has 0 aliphatic rings. The van der Waals surface area contributed by atoms with Crippen molar-refractivity contribution >= 4 is 27.3 Å². The Hall–Kier alpha value is -3.61. The molecule has 11 nitrogen and oxygen atoms in total. The molecule has 2 N–H and O–H groups in total. The van der Waals surface area contributed by atoms with Gasteiger partial charge in [0.15, 0.2) is 5.69 Å². The van der Waals surface area contributed by atoms with E-state index in [0.29, 0.717) is 11.4 Å². The first-order valence-corrected chi connectivity index (χ1v) is 10.9. The summed E-state index contributed by atoms with van der Waals surface area (Å²) < 4.78 is 33.5. The van der Waals surface area contributed by atoms with E-state index in [4.69, 9.17) is 4.74 Å². The van der Waals surface area contributed by atoms with Gasteiger partial charge < -0.3 is 10.1 Å². The number of sulfonamides is 1. The van der Waals surface area contributed by atoms with Crippen LogP contribution in [-0.2, 0) is 14.8 Å². The third-order valence-corrected chi connectivity index (χ3v) is 5.93. The molecular formula is C20H21N5O6S. The molecular weight excluding hydrogens is 438 g/mol. The van der Waals surface area contributed by atoms with Gasteiger partial charge in [-0.05, 0) is 43.3 Å². The Morgan fingerprint density at radius 2 is 1.94 bits per heavy atom. The molecule has 1 heterocycles. The molecule has 3 rings (SSSR count). The minimum atomic E-state index is -3.72. The van der Waals surface area contributed by atoms with E-state index in [2.05, 4.69) is 15.1 Å². The van der Waals surface area contributed by atoms with E-state index in [1.807, 2.05) is 0 Å². The normalized spacial score (nSPS) is 12.3. The van der Waals surface area contributed by atoms with Crippen LogP contribution in [-0.4, -0.2) is 48.8 Å². The molecule has 32 heavy (non-hydrogen) atoms. The van der Waals surface area contributed by atoms with E-state index in [1.54, 1.807) is 13.0 Å². The summed E-state index contributed by atoms with van der Waals surface area (Å²) in [5, 5.41) is 17.7. The van der Waals surface area contributed by atoms with Crippen LogP contribution in [0.2, 0.25) is 0 Å². The molecule has 3 aromatic rings. The van der Waals surface area contributed by atoms with Gasteiger partial charge in [-0.2, -0.15) is 5.10 Å². The Morgan fingerprint density at radius 1 is 1.22 bits per heavy atom. The Morgan fingerprint density at radius 3 is 2.59 bits per heavy atom. The lowest BCUT2D eigenvalue weighted by Gasteiger charge is -2.13. The fraction of sp³-hybridized carbons (Fsp3) is 0.200. The number of ether oxygens (including phenoxy) is 1. The minimum absolute atomic E-state index is 0.0494. The van der Waals surface area contributed by atoms with Crippen molar-refractivity contribution in [2.45, 2.75) is 17.9 Å². The number of nitro benzene ring substituents is 1. The van der Waals surface area contributed by atoms with Gasteiger partial charge >= 0.3 is 0 Å². The van der Waals surface area contributed by atoms with Crippen molar-refractivity contribution in [1.29, 1.82) is 0 Å². The number of nitro groups is 1. The highest BCUT2D eigenvalue weighted by Crippen LogP contribution is 2.18. The molecule has 12 heteroatoms. The molecule has 1 aromatic heterocycles. The molecule has 0 aliphatic carbocycles. The van der Waals surface area contributed by atoms with Gasteiger partial charge in [0.2, 0.25) is 10.0 Å². The zero-order valence-corrected chi connectivity index (χ0v) is 18.1. The summed E-state index contributed by atoms with van der Waals surface area (Å²) in [6, 6.07) is 12.6. The van der Waals surface area contributed by atoms with Crippen molar-refractivity contribution in [2.75, 3.05) is 19.0 Å². The minimum Gasteiger partial charge on any atom is -0.383 e. The monoisotopic (exact) mass is 459 g/mol. The molecule has 1 unspecified atom stereocenters. The van der Waals surface area contributed by atoms with Crippen molar-refractivity contribution in [3.8, 4) is 5.69 Å². The predicted octanol–water partition coefficient (Wildman–Crippen LogP) is 2.35. The Labute approximate surface area is 184 Å². The smallest absolute Gasteiger partial charge is 0.276 e. The van der Waals surface area contributed by atoms with Crippen molar-refractivity contribution in [3.63, 3.8) is 0 Å². The van der Waals surface area contributed by atoms with Gasteiger partial charge in [0, 0.05) is 37.2 Å². The Kier molecular flexibility index (Phi) is 6.98. The number of carbonyl (C=O) groups is 1. The molecule has 2 aromatic carbocycles. The summed E-state index contributed by atoms with van der Waals surface area (Å²) in [7, 11) is -2.24. The van der Waals surface area contributed by atoms with Crippen LogP contribution < -0.4 is 10.0 Å². The molecule has 0 spiro atoms. The highest BCUT2D eigenvalue weighted by atomic mass is 32.2. The number of carbonyl (C=O) groups excluding carboxylic acids is 1. The third-order valence-electron chi connectivity index (χ3n) is 4.32. The number of hydrogen-bond acceptors (Lipinski definition) is 7. The number of amides is 1. The van der Waals surface area contributed by atoms with Crippen LogP contribution in [0.5, 0.6) is 0 Å². The number of non-ortho nitro benzene ring substituents is 1. The number of nitrogens with zero attached hydrogens (tertiary/aromatic N) is 3. The van der Waals surface area contributed by atoms with Gasteiger partial charge in [0.1, 0.15) is 0 Å². The second-order valence-corrected chi connectivity index (χ2v) is 8.59. The van der Waals surface area contributed by atoms with Crippen molar-refractivity contribution < 1.29 is 22.9 Å². The maximum atomic E-state index is 12.5. The lowest BCUT2D eigenvalue weighted by atomic mass is 10.3. The quantitative estimate of drug-likeness (QED) is 0.369. The first-order chi connectivity index (χ1) is 15.2. The van der Waals surface area contributed by atoms with Gasteiger partial charge in [0.05, 0.1) is 22.1 Å². The SMILES string of the molecule is COCC(C)NS(=O)(=O)c1ccc(NC(=O)c2ccn(-c3cccc([N+](=O)[O-])c3)n2)cc1. The van der Waals surface area contributed by atoms with Gasteiger partial charge in [-0.15, -0.1) is 0 Å². The maximum absolute atomic E-state index is 12.5. The van der Waals surface area contributed by atoms with Crippen LogP contribution >= 0.6 is 0 Å². The summed E-state index contributed by atoms with van der Waals surface area (Å²) >= 11 is 0. The fourth-order valence-electron chi connectivity index (χ4n) is 2.87. The Balaban J connectivity index is 1.69. The summed E-state index contributed by atoms with van der Waals surface area (Å²) in [6.45, 7) is 1.92. The van der Waals surface area contributed by atoms with E-state index < -0.39 is 26.9 Å². The Bertz CT molecular complexity index is 1220. The zero-order chi connectivity index (χ0) is 23.3. The van der Waals surface area contributed by atoms with E-state index >= 15 is 0 Å². The predicted molar refractivity (Wildman–Crippen MR) is 116 cm³/mol.